The largest absolute Gasteiger partial charge is 0.482 e. The van der Waals surface area contributed by atoms with Crippen LogP contribution in [-0.4, -0.2) is 22.9 Å². The molecule has 176 valence electrons. The maximum absolute atomic E-state index is 13.5. The Hall–Kier alpha value is -4.04. The van der Waals surface area contributed by atoms with E-state index in [4.69, 9.17) is 14.8 Å². The number of ether oxygens (including phenoxy) is 1. The van der Waals surface area contributed by atoms with E-state index in [1.165, 1.54) is 23.5 Å². The van der Waals surface area contributed by atoms with Crippen molar-refractivity contribution in [3.63, 3.8) is 0 Å². The summed E-state index contributed by atoms with van der Waals surface area (Å²) in [6.07, 6.45) is 0.653. The number of anilines is 1. The van der Waals surface area contributed by atoms with Crippen LogP contribution in [0.5, 0.6) is 5.75 Å². The Morgan fingerprint density at radius 3 is 2.69 bits per heavy atom. The molecule has 1 aliphatic heterocycles. The maximum atomic E-state index is 13.5. The van der Waals surface area contributed by atoms with Gasteiger partial charge in [-0.2, -0.15) is 5.10 Å². The van der Waals surface area contributed by atoms with Gasteiger partial charge in [0.25, 0.3) is 5.91 Å². The van der Waals surface area contributed by atoms with Gasteiger partial charge in [-0.05, 0) is 47.9 Å². The third kappa shape index (κ3) is 5.07. The van der Waals surface area contributed by atoms with Crippen LogP contribution in [0.25, 0.3) is 11.3 Å². The van der Waals surface area contributed by atoms with Crippen molar-refractivity contribution >= 4 is 28.6 Å². The molecule has 0 saturated heterocycles. The minimum absolute atomic E-state index is 0.00906. The summed E-state index contributed by atoms with van der Waals surface area (Å²) >= 11 is 1.49. The van der Waals surface area contributed by atoms with E-state index >= 15 is 0 Å². The first-order valence-corrected chi connectivity index (χ1v) is 12.1. The molecule has 4 aromatic rings. The van der Waals surface area contributed by atoms with Crippen molar-refractivity contribution < 1.29 is 13.9 Å². The Bertz CT molecular complexity index is 1460. The number of nitrogens with one attached hydrogen (secondary N) is 1. The molecule has 3 aromatic carbocycles. The smallest absolute Gasteiger partial charge is 0.262 e. The zero-order valence-electron chi connectivity index (χ0n) is 19.1. The third-order valence-corrected chi connectivity index (χ3v) is 6.42. The topological polar surface area (TPSA) is 68.0 Å². The summed E-state index contributed by atoms with van der Waals surface area (Å²) in [4.78, 5) is 17.4. The summed E-state index contributed by atoms with van der Waals surface area (Å²) in [7, 11) is 0. The summed E-state index contributed by atoms with van der Waals surface area (Å²) in [5, 5.41) is 9.82. The van der Waals surface area contributed by atoms with Gasteiger partial charge in [0, 0.05) is 10.9 Å². The zero-order valence-corrected chi connectivity index (χ0v) is 19.9. The summed E-state index contributed by atoms with van der Waals surface area (Å²) in [6, 6.07) is 22.0. The predicted molar refractivity (Wildman–Crippen MR) is 136 cm³/mol. The molecule has 35 heavy (non-hydrogen) atoms. The van der Waals surface area contributed by atoms with Crippen LogP contribution >= 0.6 is 11.3 Å². The van der Waals surface area contributed by atoms with Crippen LogP contribution in [0.4, 0.5) is 10.1 Å². The first-order valence-electron chi connectivity index (χ1n) is 11.3. The second kappa shape index (κ2) is 10.1. The lowest BCUT2D eigenvalue weighted by Gasteiger charge is -2.18. The highest BCUT2D eigenvalue weighted by Crippen LogP contribution is 2.33. The van der Waals surface area contributed by atoms with Gasteiger partial charge in [0.05, 0.1) is 23.6 Å². The molecule has 0 saturated carbocycles. The van der Waals surface area contributed by atoms with Gasteiger partial charge in [0.1, 0.15) is 11.6 Å². The number of amides is 1. The number of thiazole rings is 1. The summed E-state index contributed by atoms with van der Waals surface area (Å²) < 4.78 is 20.8. The van der Waals surface area contributed by atoms with Crippen LogP contribution in [0.1, 0.15) is 24.5 Å². The number of fused-ring (bicyclic) bond motifs is 1. The molecule has 0 radical (unpaired) electrons. The molecule has 6 nitrogen and oxygen atoms in total. The van der Waals surface area contributed by atoms with Crippen molar-refractivity contribution in [2.75, 3.05) is 11.9 Å². The van der Waals surface area contributed by atoms with Crippen molar-refractivity contribution in [2.45, 2.75) is 19.9 Å². The molecule has 1 amide bonds. The molecule has 1 aromatic heterocycles. The summed E-state index contributed by atoms with van der Waals surface area (Å²) in [6.45, 7) is 2.54. The summed E-state index contributed by atoms with van der Waals surface area (Å²) in [5.41, 5.74) is 5.07. The Morgan fingerprint density at radius 1 is 1.11 bits per heavy atom. The van der Waals surface area contributed by atoms with Gasteiger partial charge < -0.3 is 10.1 Å². The molecule has 1 aliphatic rings. The minimum Gasteiger partial charge on any atom is -0.482 e. The molecule has 0 unspecified atom stereocenters. The van der Waals surface area contributed by atoms with Gasteiger partial charge in [-0.15, -0.1) is 11.3 Å². The van der Waals surface area contributed by atoms with E-state index in [1.54, 1.807) is 12.1 Å². The van der Waals surface area contributed by atoms with E-state index in [-0.39, 0.29) is 18.3 Å². The Morgan fingerprint density at radius 2 is 1.91 bits per heavy atom. The van der Waals surface area contributed by atoms with E-state index in [2.05, 4.69) is 5.32 Å². The lowest BCUT2D eigenvalue weighted by molar-refractivity contribution is -0.118. The quantitative estimate of drug-likeness (QED) is 0.368. The highest BCUT2D eigenvalue weighted by atomic mass is 32.1. The first kappa shape index (κ1) is 22.7. The fraction of sp³-hybridized carbons (Fsp3) is 0.148. The monoisotopic (exact) mass is 486 g/mol. The first-order chi connectivity index (χ1) is 17.1. The minimum atomic E-state index is -0.287. The van der Waals surface area contributed by atoms with Crippen LogP contribution in [0.15, 0.2) is 88.3 Å². The molecule has 0 bridgehead atoms. The van der Waals surface area contributed by atoms with E-state index < -0.39 is 0 Å². The van der Waals surface area contributed by atoms with E-state index in [9.17, 15) is 9.18 Å². The number of aromatic nitrogens is 1. The van der Waals surface area contributed by atoms with Gasteiger partial charge in [-0.1, -0.05) is 49.4 Å². The van der Waals surface area contributed by atoms with Crippen molar-refractivity contribution in [3.05, 3.63) is 99.9 Å². The number of nitrogens with zero attached hydrogens (tertiary/aromatic N) is 3. The van der Waals surface area contributed by atoms with Crippen molar-refractivity contribution in [2.24, 2.45) is 10.1 Å². The molecule has 0 aliphatic carbocycles. The number of benzene rings is 3. The number of rotatable bonds is 6. The third-order valence-electron chi connectivity index (χ3n) is 5.57. The zero-order chi connectivity index (χ0) is 24.2. The highest BCUT2D eigenvalue weighted by molar-refractivity contribution is 7.07. The number of halogens is 1. The van der Waals surface area contributed by atoms with Crippen LogP contribution in [0, 0.1) is 5.82 Å². The van der Waals surface area contributed by atoms with Crippen LogP contribution in [-0.2, 0) is 11.3 Å². The van der Waals surface area contributed by atoms with Gasteiger partial charge in [0.2, 0.25) is 4.80 Å². The van der Waals surface area contributed by atoms with E-state index in [0.717, 1.165) is 32.9 Å². The highest BCUT2D eigenvalue weighted by Gasteiger charge is 2.18. The molecule has 1 N–H and O–H groups in total. The number of carbonyl (C=O) groups is 1. The fourth-order valence-corrected chi connectivity index (χ4v) is 4.61. The fourth-order valence-electron chi connectivity index (χ4n) is 3.78. The molecule has 8 heteroatoms. The molecule has 0 spiro atoms. The summed E-state index contributed by atoms with van der Waals surface area (Å²) in [5.74, 6) is 0.159. The van der Waals surface area contributed by atoms with Crippen LogP contribution in [0.2, 0.25) is 0 Å². The van der Waals surface area contributed by atoms with Gasteiger partial charge in [0.15, 0.2) is 6.61 Å². The molecular formula is C27H23FN4O2S. The average Bonchev–Trinajstić information content (AvgIpc) is 3.29. The second-order valence-corrected chi connectivity index (χ2v) is 8.81. The van der Waals surface area contributed by atoms with E-state index in [0.29, 0.717) is 24.4 Å². The van der Waals surface area contributed by atoms with E-state index in [1.807, 2.05) is 65.5 Å². The standard InChI is InChI=1S/C27H23FN4O2S/c1-2-22(19-8-11-21(28)12-9-19)31-32-24(17-35-27(32)29-15-18-6-4-3-5-7-18)20-10-13-25-23(14-20)30-26(33)16-34-25/h3-14,17H,2,15-16H2,1H3,(H,30,33). The van der Waals surface area contributed by atoms with Gasteiger partial charge >= 0.3 is 0 Å². The molecule has 5 rings (SSSR count). The van der Waals surface area contributed by atoms with Gasteiger partial charge in [-0.3, -0.25) is 9.79 Å². The molecular weight excluding hydrogens is 463 g/mol. The normalized spacial score (nSPS) is 13.8. The molecule has 2 heterocycles. The lowest BCUT2D eigenvalue weighted by Crippen LogP contribution is -2.25. The lowest BCUT2D eigenvalue weighted by atomic mass is 10.1. The number of hydrogen-bond donors (Lipinski definition) is 1. The molecule has 0 fully saturated rings. The van der Waals surface area contributed by atoms with Crippen molar-refractivity contribution in [1.82, 2.24) is 4.68 Å². The Kier molecular flexibility index (Phi) is 6.54. The van der Waals surface area contributed by atoms with Crippen molar-refractivity contribution in [1.29, 1.82) is 0 Å². The van der Waals surface area contributed by atoms with Gasteiger partial charge in [-0.25, -0.2) is 9.07 Å². The number of carbonyl (C=O) groups excluding carboxylic acids is 1. The number of hydrogen-bond acceptors (Lipinski definition) is 5. The average molecular weight is 487 g/mol. The SMILES string of the molecule is CCC(=Nn1c(-c2ccc3c(c2)NC(=O)CO3)csc1=NCc1ccccc1)c1ccc(F)cc1. The maximum Gasteiger partial charge on any atom is 0.262 e. The Labute approximate surface area is 206 Å². The second-order valence-electron chi connectivity index (χ2n) is 7.97. The van der Waals surface area contributed by atoms with Crippen LogP contribution < -0.4 is 14.9 Å². The predicted octanol–water partition coefficient (Wildman–Crippen LogP) is 5.45. The van der Waals surface area contributed by atoms with Crippen LogP contribution in [0.3, 0.4) is 0 Å². The Balaban J connectivity index is 1.62. The molecule has 0 atom stereocenters. The van der Waals surface area contributed by atoms with Crippen molar-refractivity contribution in [3.8, 4) is 17.0 Å².